The summed E-state index contributed by atoms with van der Waals surface area (Å²) in [6, 6.07) is 0. The number of rotatable bonds is 78. The van der Waals surface area contributed by atoms with Crippen LogP contribution in [0.4, 0.5) is 0 Å². The van der Waals surface area contributed by atoms with E-state index in [0.29, 0.717) is 11.6 Å². The molecule has 147 heavy (non-hydrogen) atoms. The molecular weight excluding hydrogens is 1870 g/mol. The molecule has 5 unspecified atom stereocenters. The van der Waals surface area contributed by atoms with Gasteiger partial charge in [-0.15, -0.1) is 0 Å². The van der Waals surface area contributed by atoms with Gasteiger partial charge in [0.15, 0.2) is 0 Å². The van der Waals surface area contributed by atoms with Crippen molar-refractivity contribution in [1.29, 1.82) is 0 Å². The smallest absolute Gasteiger partial charge is 0.312 e. The van der Waals surface area contributed by atoms with Crippen LogP contribution in [0.5, 0.6) is 0 Å². The van der Waals surface area contributed by atoms with Crippen LogP contribution in [0.1, 0.15) is 586 Å². The van der Waals surface area contributed by atoms with Gasteiger partial charge in [0, 0.05) is 27.1 Å². The highest BCUT2D eigenvalue weighted by molar-refractivity contribution is 5.86. The molecule has 11 N–H and O–H groups in total. The number of aliphatic hydroxyl groups is 6. The zero-order valence-electron chi connectivity index (χ0n) is 95.7. The summed E-state index contributed by atoms with van der Waals surface area (Å²) in [7, 11) is 0. The number of carbonyl (C=O) groups excluding carboxylic acids is 7. The lowest BCUT2D eigenvalue weighted by atomic mass is 9.66. The second-order valence-corrected chi connectivity index (χ2v) is 52.3. The Balaban J connectivity index is 0.000000369. The summed E-state index contributed by atoms with van der Waals surface area (Å²) in [6.45, 7) is 31.8. The molecule has 9 aliphatic carbocycles. The topological polar surface area (TPSA) is 446 Å². The van der Waals surface area contributed by atoms with Crippen LogP contribution in [-0.2, 0) is 67.0 Å². The number of Topliss-reactive ketones (excluding diaryl/α,β-unsaturated/α-hetero) is 5. The van der Waals surface area contributed by atoms with Gasteiger partial charge in [0.05, 0.1) is 74.5 Å². The van der Waals surface area contributed by atoms with E-state index < -0.39 is 68.1 Å². The summed E-state index contributed by atoms with van der Waals surface area (Å²) in [5.74, 6) is -1.85. The van der Waals surface area contributed by atoms with Crippen LogP contribution in [0.3, 0.4) is 0 Å². The van der Waals surface area contributed by atoms with E-state index in [2.05, 4.69) is 0 Å². The normalized spacial score (nSPS) is 19.3. The second-order valence-electron chi connectivity index (χ2n) is 52.3. The van der Waals surface area contributed by atoms with E-state index in [1.54, 1.807) is 34.6 Å². The minimum absolute atomic E-state index is 0.000364. The summed E-state index contributed by atoms with van der Waals surface area (Å²) in [4.78, 5) is 137. The zero-order valence-corrected chi connectivity index (χ0v) is 95.7. The minimum atomic E-state index is -0.652. The van der Waals surface area contributed by atoms with Crippen molar-refractivity contribution in [2.75, 3.05) is 0 Å². The number of ether oxygens (including phenoxy) is 2. The van der Waals surface area contributed by atoms with Gasteiger partial charge < -0.3 is 65.6 Å². The van der Waals surface area contributed by atoms with E-state index in [-0.39, 0.29) is 104 Å². The van der Waals surface area contributed by atoms with Gasteiger partial charge >= 0.3 is 41.8 Å². The molecule has 9 rings (SSSR count). The summed E-state index contributed by atoms with van der Waals surface area (Å²) in [5.41, 5.74) is -4.03. The van der Waals surface area contributed by atoms with Crippen LogP contribution in [0.2, 0.25) is 0 Å². The number of unbranched alkanes of at least 4 members (excludes halogenated alkanes) is 18. The van der Waals surface area contributed by atoms with Crippen molar-refractivity contribution in [3.8, 4) is 0 Å². The summed E-state index contributed by atoms with van der Waals surface area (Å²) >= 11 is 0. The molecule has 0 radical (unpaired) electrons. The zero-order chi connectivity index (χ0) is 110. The molecule has 5 atom stereocenters. The Morgan fingerprint density at radius 1 is 0.204 bits per heavy atom. The molecule has 25 heteroatoms. The van der Waals surface area contributed by atoms with Crippen LogP contribution in [-0.4, -0.2) is 175 Å². The Hall–Kier alpha value is -5.60. The van der Waals surface area contributed by atoms with Crippen LogP contribution in [0.25, 0.3) is 0 Å². The second kappa shape index (κ2) is 63.4. The van der Waals surface area contributed by atoms with Gasteiger partial charge in [0.2, 0.25) is 0 Å². The fraction of sp³-hybridized carbons (Fsp3) is 0.902. The van der Waals surface area contributed by atoms with Crippen molar-refractivity contribution in [2.24, 2.45) is 65.0 Å². The van der Waals surface area contributed by atoms with E-state index in [1.165, 1.54) is 0 Å². The lowest BCUT2D eigenvalue weighted by Gasteiger charge is -2.37. The predicted octanol–water partition coefficient (Wildman–Crippen LogP) is 27.7. The van der Waals surface area contributed by atoms with Crippen molar-refractivity contribution < 1.29 is 123 Å². The van der Waals surface area contributed by atoms with Gasteiger partial charge in [0.1, 0.15) is 40.1 Å². The third-order valence-electron chi connectivity index (χ3n) is 35.7. The van der Waals surface area contributed by atoms with E-state index in [1.807, 2.05) is 83.1 Å². The van der Waals surface area contributed by atoms with Gasteiger partial charge in [-0.25, -0.2) is 0 Å². The Morgan fingerprint density at radius 3 is 0.497 bits per heavy atom. The summed E-state index contributed by atoms with van der Waals surface area (Å²) in [6.07, 6.45) is 65.5. The molecule has 0 aromatic rings. The van der Waals surface area contributed by atoms with Crippen molar-refractivity contribution >= 4 is 70.7 Å². The Morgan fingerprint density at radius 2 is 0.347 bits per heavy atom. The number of aliphatic hydroxyl groups excluding tert-OH is 6. The molecule has 0 saturated heterocycles. The SMILES string of the molecule is CC(=O)C(C)(C)CCCCC(O)CCCCC1(C(=O)O)CC1.CC(=O)C(C)(C)CCCCC(O)CCCCC1(C(=O)O)CCC1.CC(=O)C(C)(C)CCCCCC(O)CCCCCC1(C(=O)O)CC1.CC(=O)C1(CCCCC(O)CCCCC2(C(=O)O)CC2)CC1.CC(=O)C1(CCCCCC(O)CCCCCC2(C(=O)O)CC2)CC1.CC(C)(C)OC(=O)C1(CCCCCC(O)CCCCCC2(C(=O)OC(C)(C)C)CC2)CC1. The molecular formula is C122H214O25. The van der Waals surface area contributed by atoms with Crippen LogP contribution >= 0.6 is 0 Å². The molecule has 9 aliphatic rings. The largest absolute Gasteiger partial charge is 0.481 e. The molecule has 0 bridgehead atoms. The molecule has 9 fully saturated rings. The number of ketones is 5. The van der Waals surface area contributed by atoms with Gasteiger partial charge in [-0.3, -0.25) is 57.5 Å². The van der Waals surface area contributed by atoms with Gasteiger partial charge in [-0.1, -0.05) is 241 Å². The first-order valence-electron chi connectivity index (χ1n) is 58.9. The van der Waals surface area contributed by atoms with E-state index >= 15 is 0 Å². The molecule has 0 aromatic carbocycles. The summed E-state index contributed by atoms with van der Waals surface area (Å²) in [5, 5.41) is 106. The fourth-order valence-corrected chi connectivity index (χ4v) is 21.0. The molecule has 9 saturated carbocycles. The third-order valence-corrected chi connectivity index (χ3v) is 35.7. The van der Waals surface area contributed by atoms with Crippen molar-refractivity contribution in [2.45, 2.75) is 634 Å². The first-order chi connectivity index (χ1) is 68.7. The Labute approximate surface area is 888 Å². The number of hydrogen-bond donors (Lipinski definition) is 11. The van der Waals surface area contributed by atoms with Crippen LogP contribution in [0, 0.1) is 65.0 Å². The highest BCUT2D eigenvalue weighted by Gasteiger charge is 2.56. The van der Waals surface area contributed by atoms with Crippen molar-refractivity contribution in [3.05, 3.63) is 0 Å². The number of aliphatic carboxylic acids is 5. The quantitative estimate of drug-likeness (QED) is 0.0199. The van der Waals surface area contributed by atoms with E-state index in [4.69, 9.17) is 29.9 Å². The average Bonchev–Trinajstić information content (AvgIpc) is 1.69. The standard InChI is InChI=1S/C27H48O5.C20H34O4.C20H36O4.C19H34O4.C18H30O4.C18H32O4/c1-24(2,3)31-22(29)26(17-18-26)15-11-7-9-13-21(28)14-10-8-12-16-27(19-20-27)23(30)32-25(4,5)6;1-16(21)19(12-13-19)10-6-2-4-8-17(22)9-5-3-7-11-20(14-15-20)18(23)24;1-16(21)19(2,3)12-8-4-6-10-17(22)11-7-5-9-13-20(14-15-20)18(23)24;1-15(20)18(2,3)11-6-4-9-16(21)10-5-7-12-19(17(22)23)13-8-14-19;1-14(19)17(10-11-17)8-4-2-6-15(20)7-3-5-9-18(12-13-18)16(21)22;1-14(19)17(2,3)10-6-4-8-15(20)9-5-7-11-18(12-13-18)16(21)22/h21,28H,7-20H2,1-6H3;17,22H,2-15H2,1H3,(H,23,24);17,22H,4-15H2,1-3H3,(H,23,24);16,21H,4-14H2,1-3H3,(H,22,23);15,20H,2-13H2,1H3,(H,21,22);15,20H,4-13H2,1-3H3,(H,21,22). The highest BCUT2D eigenvalue weighted by Crippen LogP contribution is 2.57. The maximum Gasteiger partial charge on any atom is 0.312 e. The van der Waals surface area contributed by atoms with E-state index in [9.17, 15) is 93.3 Å². The molecule has 0 aromatic heterocycles. The first kappa shape index (κ1) is 134. The number of carboxylic acids is 5. The number of esters is 2. The van der Waals surface area contributed by atoms with Crippen molar-refractivity contribution in [3.63, 3.8) is 0 Å². The first-order valence-corrected chi connectivity index (χ1v) is 58.9. The van der Waals surface area contributed by atoms with E-state index in [0.717, 1.165) is 469 Å². The van der Waals surface area contributed by atoms with Gasteiger partial charge in [0.25, 0.3) is 0 Å². The molecule has 0 amide bonds. The Bertz CT molecular complexity index is 3600. The Kier molecular flexibility index (Phi) is 57.7. The minimum Gasteiger partial charge on any atom is -0.481 e. The van der Waals surface area contributed by atoms with Gasteiger partial charge in [-0.05, 0) is 346 Å². The predicted molar refractivity (Wildman–Crippen MR) is 580 cm³/mol. The molecule has 0 spiro atoms. The monoisotopic (exact) mass is 2080 g/mol. The summed E-state index contributed by atoms with van der Waals surface area (Å²) < 4.78 is 11.2. The maximum absolute atomic E-state index is 12.4. The molecule has 25 nitrogen and oxygen atoms in total. The maximum atomic E-state index is 12.4. The number of hydrogen-bond acceptors (Lipinski definition) is 20. The van der Waals surface area contributed by atoms with Crippen LogP contribution in [0.15, 0.2) is 0 Å². The van der Waals surface area contributed by atoms with Crippen molar-refractivity contribution in [1.82, 2.24) is 0 Å². The fourth-order valence-electron chi connectivity index (χ4n) is 21.0. The number of carbonyl (C=O) groups is 12. The average molecular weight is 2080 g/mol. The molecule has 0 heterocycles. The number of carboxylic acid groups (broad SMARTS) is 5. The lowest BCUT2D eigenvalue weighted by molar-refractivity contribution is -0.163. The van der Waals surface area contributed by atoms with Crippen LogP contribution < -0.4 is 0 Å². The highest BCUT2D eigenvalue weighted by atomic mass is 16.6. The molecule has 0 aliphatic heterocycles. The lowest BCUT2D eigenvalue weighted by Crippen LogP contribution is -2.37. The third kappa shape index (κ3) is 52.5. The molecule has 852 valence electrons. The van der Waals surface area contributed by atoms with Gasteiger partial charge in [-0.2, -0.15) is 0 Å².